The summed E-state index contributed by atoms with van der Waals surface area (Å²) in [6.07, 6.45) is 5.97. The maximum atomic E-state index is 13.1. The molecule has 0 saturated heterocycles. The van der Waals surface area contributed by atoms with E-state index >= 15 is 0 Å². The molecule has 0 spiro atoms. The summed E-state index contributed by atoms with van der Waals surface area (Å²) in [6, 6.07) is 11.6. The van der Waals surface area contributed by atoms with Crippen molar-refractivity contribution in [2.75, 3.05) is 11.1 Å². The Kier molecular flexibility index (Phi) is 4.36. The van der Waals surface area contributed by atoms with Crippen molar-refractivity contribution in [1.29, 1.82) is 0 Å². The molecule has 4 N–H and O–H groups in total. The maximum absolute atomic E-state index is 13.1. The number of carbonyl (C=O) groups is 1. The van der Waals surface area contributed by atoms with Crippen molar-refractivity contribution < 1.29 is 14.2 Å². The van der Waals surface area contributed by atoms with Gasteiger partial charge in [0.2, 0.25) is 0 Å². The second-order valence-corrected chi connectivity index (χ2v) is 8.48. The van der Waals surface area contributed by atoms with Gasteiger partial charge in [-0.25, -0.2) is 0 Å². The average molecular weight is 405 g/mol. The van der Waals surface area contributed by atoms with Crippen LogP contribution in [0.15, 0.2) is 47.1 Å². The second-order valence-electron chi connectivity index (χ2n) is 7.46. The summed E-state index contributed by atoms with van der Waals surface area (Å²) in [7, 11) is 0. The highest BCUT2D eigenvalue weighted by Crippen LogP contribution is 2.42. The summed E-state index contributed by atoms with van der Waals surface area (Å²) in [6.45, 7) is 1.97. The van der Waals surface area contributed by atoms with Crippen LogP contribution in [0, 0.1) is 6.92 Å². The van der Waals surface area contributed by atoms with Gasteiger partial charge in [0.25, 0.3) is 10.7 Å². The molecule has 1 aliphatic rings. The number of aryl methyl sites for hydroxylation is 2. The molecular formula is C23H22N3O2S+. The Morgan fingerprint density at radius 2 is 2.00 bits per heavy atom. The van der Waals surface area contributed by atoms with E-state index in [-0.39, 0.29) is 5.91 Å². The van der Waals surface area contributed by atoms with Gasteiger partial charge in [-0.15, -0.1) is 0 Å². The molecule has 3 aromatic heterocycles. The predicted octanol–water partition coefficient (Wildman–Crippen LogP) is 5.00. The first-order valence-electron chi connectivity index (χ1n) is 9.83. The van der Waals surface area contributed by atoms with E-state index in [0.717, 1.165) is 58.5 Å². The van der Waals surface area contributed by atoms with Gasteiger partial charge >= 0.3 is 0 Å². The predicted molar refractivity (Wildman–Crippen MR) is 116 cm³/mol. The summed E-state index contributed by atoms with van der Waals surface area (Å²) in [5, 5.41) is 3.90. The monoisotopic (exact) mass is 404 g/mol. The molecule has 0 unspecified atom stereocenters. The van der Waals surface area contributed by atoms with Crippen molar-refractivity contribution in [1.82, 2.24) is 0 Å². The fourth-order valence-corrected chi connectivity index (χ4v) is 5.19. The molecular weight excluding hydrogens is 382 g/mol. The Balaban J connectivity index is 1.67. The summed E-state index contributed by atoms with van der Waals surface area (Å²) in [5.41, 5.74) is 12.4. The summed E-state index contributed by atoms with van der Waals surface area (Å²) in [5.74, 6) is 0.618. The van der Waals surface area contributed by atoms with Crippen molar-refractivity contribution >= 4 is 38.8 Å². The van der Waals surface area contributed by atoms with E-state index in [1.165, 1.54) is 22.6 Å². The van der Waals surface area contributed by atoms with Crippen molar-refractivity contribution in [2.45, 2.75) is 32.6 Å². The molecule has 1 amide bonds. The van der Waals surface area contributed by atoms with E-state index in [2.05, 4.69) is 10.3 Å². The number of amides is 1. The number of benzene rings is 1. The number of aromatic nitrogens is 1. The molecule has 29 heavy (non-hydrogen) atoms. The number of hydrogen-bond donors (Lipinski definition) is 2. The zero-order chi connectivity index (χ0) is 20.0. The van der Waals surface area contributed by atoms with Gasteiger partial charge in [0, 0.05) is 23.2 Å². The minimum atomic E-state index is -0.185. The lowest BCUT2D eigenvalue weighted by molar-refractivity contribution is -0.356. The topological polar surface area (TPSA) is 82.4 Å². The molecule has 3 heterocycles. The first-order valence-corrected chi connectivity index (χ1v) is 10.6. The van der Waals surface area contributed by atoms with Crippen molar-refractivity contribution in [2.24, 2.45) is 0 Å². The molecule has 6 heteroatoms. The molecule has 0 aliphatic heterocycles. The van der Waals surface area contributed by atoms with Crippen LogP contribution in [0.3, 0.4) is 0 Å². The highest BCUT2D eigenvalue weighted by atomic mass is 32.1. The largest absolute Gasteiger partial charge is 0.464 e. The zero-order valence-corrected chi connectivity index (χ0v) is 17.0. The molecule has 0 radical (unpaired) electrons. The quantitative estimate of drug-likeness (QED) is 0.504. The molecule has 5 rings (SSSR count). The van der Waals surface area contributed by atoms with E-state index in [0.29, 0.717) is 10.6 Å². The highest BCUT2D eigenvalue weighted by molar-refractivity contribution is 7.21. The van der Waals surface area contributed by atoms with Crippen LogP contribution in [0.1, 0.15) is 39.3 Å². The van der Waals surface area contributed by atoms with E-state index in [9.17, 15) is 4.79 Å². The molecule has 0 atom stereocenters. The summed E-state index contributed by atoms with van der Waals surface area (Å²) < 4.78 is 5.76. The lowest BCUT2D eigenvalue weighted by Gasteiger charge is -2.14. The first-order chi connectivity index (χ1) is 14.1. The minimum absolute atomic E-state index is 0.185. The van der Waals surface area contributed by atoms with Gasteiger partial charge in [-0.2, -0.15) is 4.98 Å². The molecule has 1 aliphatic carbocycles. The fourth-order valence-electron chi connectivity index (χ4n) is 4.14. The molecule has 0 bridgehead atoms. The second kappa shape index (κ2) is 7.04. The number of anilines is 2. The third-order valence-electron chi connectivity index (χ3n) is 5.60. The van der Waals surface area contributed by atoms with E-state index < -0.39 is 0 Å². The smallest absolute Gasteiger partial charge is 0.271 e. The SMILES string of the molecule is Cc1ccccc1NC(=O)c1sc2[nH+]c3c(c(-c4ccco4)c2c1N)CCCC3. The number of nitrogens with one attached hydrogen (secondary N) is 2. The Morgan fingerprint density at radius 3 is 2.79 bits per heavy atom. The third kappa shape index (κ3) is 3.00. The summed E-state index contributed by atoms with van der Waals surface area (Å²) >= 11 is 1.41. The number of hydrogen-bond acceptors (Lipinski definition) is 4. The van der Waals surface area contributed by atoms with Crippen LogP contribution in [-0.4, -0.2) is 5.91 Å². The van der Waals surface area contributed by atoms with E-state index in [4.69, 9.17) is 10.2 Å². The lowest BCUT2D eigenvalue weighted by Crippen LogP contribution is -2.19. The Morgan fingerprint density at radius 1 is 1.17 bits per heavy atom. The molecule has 146 valence electrons. The lowest BCUT2D eigenvalue weighted by atomic mass is 9.89. The number of fused-ring (bicyclic) bond motifs is 2. The van der Waals surface area contributed by atoms with Crippen molar-refractivity contribution in [3.05, 3.63) is 64.4 Å². The van der Waals surface area contributed by atoms with Gasteiger partial charge in [0.15, 0.2) is 5.69 Å². The van der Waals surface area contributed by atoms with E-state index in [1.807, 2.05) is 43.3 Å². The molecule has 4 aromatic rings. The number of H-pyrrole nitrogens is 1. The number of pyridine rings is 1. The van der Waals surface area contributed by atoms with Crippen LogP contribution in [0.2, 0.25) is 0 Å². The normalized spacial score (nSPS) is 13.4. The number of nitrogen functional groups attached to an aromatic ring is 1. The first kappa shape index (κ1) is 17.9. The van der Waals surface area contributed by atoms with Gasteiger partial charge in [-0.1, -0.05) is 29.5 Å². The van der Waals surface area contributed by atoms with Crippen LogP contribution in [0.4, 0.5) is 11.4 Å². The third-order valence-corrected chi connectivity index (χ3v) is 6.72. The molecule has 5 nitrogen and oxygen atoms in total. The van der Waals surface area contributed by atoms with Gasteiger partial charge in [-0.3, -0.25) is 4.79 Å². The molecule has 0 fully saturated rings. The minimum Gasteiger partial charge on any atom is -0.464 e. The number of aromatic amines is 1. The average Bonchev–Trinajstić information content (AvgIpc) is 3.37. The summed E-state index contributed by atoms with van der Waals surface area (Å²) in [4.78, 5) is 18.1. The fraction of sp³-hybridized carbons (Fsp3) is 0.217. The number of furan rings is 1. The number of thiophene rings is 1. The zero-order valence-electron chi connectivity index (χ0n) is 16.2. The van der Waals surface area contributed by atoms with Gasteiger partial charge < -0.3 is 15.5 Å². The van der Waals surface area contributed by atoms with Gasteiger partial charge in [0.05, 0.1) is 17.3 Å². The highest BCUT2D eigenvalue weighted by Gasteiger charge is 2.30. The number of nitrogens with two attached hydrogens (primary N) is 1. The Labute approximate surface area is 172 Å². The van der Waals surface area contributed by atoms with Crippen LogP contribution in [0.5, 0.6) is 0 Å². The Hall–Kier alpha value is -3.12. The van der Waals surface area contributed by atoms with Crippen LogP contribution in [0.25, 0.3) is 21.5 Å². The Bertz CT molecular complexity index is 1220. The number of rotatable bonds is 3. The van der Waals surface area contributed by atoms with Crippen molar-refractivity contribution in [3.63, 3.8) is 0 Å². The molecule has 1 aromatic carbocycles. The van der Waals surface area contributed by atoms with E-state index in [1.54, 1.807) is 6.26 Å². The van der Waals surface area contributed by atoms with Crippen molar-refractivity contribution in [3.8, 4) is 11.3 Å². The van der Waals surface area contributed by atoms with Gasteiger partial charge in [0.1, 0.15) is 10.6 Å². The van der Waals surface area contributed by atoms with Gasteiger partial charge in [-0.05, 0) is 49.9 Å². The van der Waals surface area contributed by atoms with Crippen LogP contribution in [-0.2, 0) is 12.8 Å². The number of para-hydroxylation sites is 1. The standard InChI is InChI=1S/C23H21N3O2S/c1-13-7-2-4-9-15(13)25-22(27)21-20(24)19-18(17-11-6-12-28-17)14-8-3-5-10-16(14)26-23(19)29-21/h2,4,6-7,9,11-12H,3,5,8,10,24H2,1H3,(H,25,27)/p+1. The number of carbonyl (C=O) groups excluding carboxylic acids is 1. The van der Waals surface area contributed by atoms with Crippen LogP contribution < -0.4 is 16.0 Å². The maximum Gasteiger partial charge on any atom is 0.271 e. The van der Waals surface area contributed by atoms with Crippen LogP contribution >= 0.6 is 11.3 Å². The molecule has 0 saturated carbocycles.